The molecule has 8 heteroatoms. The van der Waals surface area contributed by atoms with E-state index in [-0.39, 0.29) is 58.4 Å². The van der Waals surface area contributed by atoms with Crippen LogP contribution in [0.4, 0.5) is 0 Å². The zero-order chi connectivity index (χ0) is 36.0. The van der Waals surface area contributed by atoms with E-state index in [4.69, 9.17) is 0 Å². The van der Waals surface area contributed by atoms with Gasteiger partial charge in [-0.2, -0.15) is 31.1 Å². The van der Waals surface area contributed by atoms with Crippen molar-refractivity contribution in [1.29, 1.82) is 0 Å². The van der Waals surface area contributed by atoms with Gasteiger partial charge in [0.25, 0.3) is 0 Å². The number of hydrogen-bond acceptors (Lipinski definition) is 4. The first-order chi connectivity index (χ1) is 22.7. The largest absolute Gasteiger partial charge is 2.00 e. The summed E-state index contributed by atoms with van der Waals surface area (Å²) in [6.07, 6.45) is 50.6. The fourth-order valence-electron chi connectivity index (χ4n) is 5.52. The number of hydrogen-bond donors (Lipinski definition) is 0. The molecule has 0 radical (unpaired) electrons. The third kappa shape index (κ3) is 98.3. The monoisotopic (exact) mass is 910 g/mol. The van der Waals surface area contributed by atoms with Gasteiger partial charge in [0.2, 0.25) is 0 Å². The summed E-state index contributed by atoms with van der Waals surface area (Å²) in [4.78, 5) is 18.6. The van der Waals surface area contributed by atoms with E-state index < -0.39 is 5.69 Å². The third-order valence-electron chi connectivity index (χ3n) is 8.56. The van der Waals surface area contributed by atoms with Gasteiger partial charge in [-0.05, 0) is 0 Å². The fraction of sp³-hybridized carbons (Fsp3) is 0.929. The zero-order valence-electron chi connectivity index (χ0n) is 34.8. The molecule has 0 fully saturated rings. The molecule has 0 bridgehead atoms. The molecule has 0 aromatic rings. The quantitative estimate of drug-likeness (QED) is 0.0216. The van der Waals surface area contributed by atoms with E-state index in [1.165, 1.54) is 212 Å². The van der Waals surface area contributed by atoms with Crippen LogP contribution in [0.15, 0.2) is 0 Å². The van der Waals surface area contributed by atoms with Crippen molar-refractivity contribution >= 4 is 29.7 Å². The normalized spacial score (nSPS) is 10.2. The average Bonchev–Trinajstić information content (AvgIpc) is 3.04. The van der Waals surface area contributed by atoms with Crippen LogP contribution in [0.1, 0.15) is 252 Å². The van der Waals surface area contributed by atoms with E-state index in [2.05, 4.69) is 65.6 Å². The summed E-state index contributed by atoms with van der Waals surface area (Å²) in [6.45, 7) is 18.4. The molecule has 50 heavy (non-hydrogen) atoms. The van der Waals surface area contributed by atoms with E-state index in [0.29, 0.717) is 0 Å². The van der Waals surface area contributed by atoms with Crippen molar-refractivity contribution in [3.63, 3.8) is 0 Å². The number of rotatable bonds is 33. The van der Waals surface area contributed by atoms with Crippen LogP contribution in [0, 0.1) is 20.8 Å². The molecule has 0 aromatic heterocycles. The molecular weight excluding hydrogens is 828 g/mol. The van der Waals surface area contributed by atoms with Crippen LogP contribution in [-0.4, -0.2) is 0 Å². The van der Waals surface area contributed by atoms with Crippen molar-refractivity contribution in [3.05, 3.63) is 20.8 Å². The first kappa shape index (κ1) is 67.5. The van der Waals surface area contributed by atoms with E-state index in [0.717, 1.165) is 19.3 Å². The summed E-state index contributed by atoms with van der Waals surface area (Å²) < 4.78 is 0. The molecular formula is C42H87O2PS2Zn3. The molecule has 0 aliphatic heterocycles. The zero-order valence-corrected chi connectivity index (χ0v) is 46.2. The Morgan fingerprint density at radius 2 is 0.440 bits per heavy atom. The predicted molar refractivity (Wildman–Crippen MR) is 221 cm³/mol. The molecule has 0 saturated heterocycles. The summed E-state index contributed by atoms with van der Waals surface area (Å²) in [7, 11) is 0. The standard InChI is InChI=1S/3C14H29.H3O2PS2.3Zn/c3*1-3-5-7-9-11-13-14-12-10-8-6-4-2;1-3(2,4)5;;;/h3*1,3-14H2,2H3;(H3,1,2,4,5);;;/q3*-1;;3*+2/p-3. The van der Waals surface area contributed by atoms with Gasteiger partial charge < -0.3 is 48.5 Å². The summed E-state index contributed by atoms with van der Waals surface area (Å²) in [5.74, 6) is 0. The molecule has 290 valence electrons. The van der Waals surface area contributed by atoms with Gasteiger partial charge in [-0.1, -0.05) is 233 Å². The van der Waals surface area contributed by atoms with Crippen molar-refractivity contribution in [1.82, 2.24) is 0 Å². The van der Waals surface area contributed by atoms with Gasteiger partial charge in [-0.15, -0.1) is 0 Å². The second-order valence-electron chi connectivity index (χ2n) is 13.6. The molecule has 0 saturated carbocycles. The summed E-state index contributed by atoms with van der Waals surface area (Å²) in [6, 6.07) is 0. The average molecular weight is 915 g/mol. The topological polar surface area (TPSA) is 46.1 Å². The minimum Gasteiger partial charge on any atom is -0.850 e. The van der Waals surface area contributed by atoms with Crippen LogP contribution in [-0.2, 0) is 82.5 Å². The van der Waals surface area contributed by atoms with Crippen LogP contribution in [0.3, 0.4) is 0 Å². The Balaban J connectivity index is -0.000000101. The van der Waals surface area contributed by atoms with Crippen molar-refractivity contribution in [2.24, 2.45) is 0 Å². The fourth-order valence-corrected chi connectivity index (χ4v) is 5.52. The van der Waals surface area contributed by atoms with E-state index in [9.17, 15) is 9.79 Å². The van der Waals surface area contributed by atoms with Crippen molar-refractivity contribution < 1.29 is 68.2 Å². The third-order valence-corrected chi connectivity index (χ3v) is 8.56. The van der Waals surface area contributed by atoms with Crippen LogP contribution in [0.25, 0.3) is 0 Å². The van der Waals surface area contributed by atoms with E-state index in [1.807, 2.05) is 0 Å². The molecule has 0 unspecified atom stereocenters. The molecule has 0 aliphatic rings. The van der Waals surface area contributed by atoms with Crippen molar-refractivity contribution in [2.45, 2.75) is 252 Å². The second kappa shape index (κ2) is 66.6. The molecule has 0 aromatic carbocycles. The first-order valence-electron chi connectivity index (χ1n) is 20.9. The Morgan fingerprint density at radius 1 is 0.340 bits per heavy atom. The maximum atomic E-state index is 9.29. The molecule has 0 atom stereocenters. The SMILES string of the molecule is [CH2-]CCCCCCCCCCCCC.[CH2-]CCCCCCCCCCCCC.[CH2-]CCCCCCCCCCCCC.[O-]P([O-])(=S)[S-].[Zn+2].[Zn+2].[Zn+2]. The summed E-state index contributed by atoms with van der Waals surface area (Å²) in [5, 5.41) is 0. The molecule has 0 rings (SSSR count). The maximum Gasteiger partial charge on any atom is 2.00 e. The van der Waals surface area contributed by atoms with Crippen LogP contribution < -0.4 is 9.79 Å². The molecule has 0 N–H and O–H groups in total. The molecule has 0 amide bonds. The van der Waals surface area contributed by atoms with Gasteiger partial charge in [-0.25, -0.2) is 0 Å². The van der Waals surface area contributed by atoms with Gasteiger partial charge in [-0.3, -0.25) is 0 Å². The maximum absolute atomic E-state index is 9.29. The minimum atomic E-state index is -3.72. The van der Waals surface area contributed by atoms with Crippen LogP contribution in [0.5, 0.6) is 0 Å². The van der Waals surface area contributed by atoms with Gasteiger partial charge in [0.05, 0.1) is 0 Å². The number of unbranched alkanes of at least 4 members (excludes halogenated alkanes) is 33. The Hall–Kier alpha value is 2.79. The minimum absolute atomic E-state index is 0. The summed E-state index contributed by atoms with van der Waals surface area (Å²) in [5.41, 5.74) is -3.72. The Bertz CT molecular complexity index is 442. The van der Waals surface area contributed by atoms with Gasteiger partial charge in [0.15, 0.2) is 0 Å². The van der Waals surface area contributed by atoms with Crippen LogP contribution in [0.2, 0.25) is 0 Å². The van der Waals surface area contributed by atoms with Gasteiger partial charge in [0.1, 0.15) is 0 Å². The molecule has 0 spiro atoms. The first-order valence-corrected chi connectivity index (χ1v) is 24.5. The van der Waals surface area contributed by atoms with Crippen molar-refractivity contribution in [3.8, 4) is 0 Å². The van der Waals surface area contributed by atoms with Crippen LogP contribution >= 0.6 is 5.69 Å². The smallest absolute Gasteiger partial charge is 0.850 e. The van der Waals surface area contributed by atoms with E-state index >= 15 is 0 Å². The Morgan fingerprint density at radius 3 is 0.540 bits per heavy atom. The Labute approximate surface area is 367 Å². The summed E-state index contributed by atoms with van der Waals surface area (Å²) >= 11 is 7.28. The molecule has 2 nitrogen and oxygen atoms in total. The molecule has 0 heterocycles. The van der Waals surface area contributed by atoms with E-state index in [1.54, 1.807) is 0 Å². The second-order valence-corrected chi connectivity index (χ2v) is 18.1. The Kier molecular flexibility index (Phi) is 89.9. The van der Waals surface area contributed by atoms with Gasteiger partial charge >= 0.3 is 58.4 Å². The van der Waals surface area contributed by atoms with Crippen molar-refractivity contribution in [2.75, 3.05) is 0 Å². The van der Waals surface area contributed by atoms with Gasteiger partial charge in [0, 0.05) is 0 Å². The molecule has 0 aliphatic carbocycles. The predicted octanol–water partition coefficient (Wildman–Crippen LogP) is 15.0.